The number of benzene rings is 1. The Kier molecular flexibility index (Phi) is 4.97. The summed E-state index contributed by atoms with van der Waals surface area (Å²) in [6.07, 6.45) is 11.7. The zero-order valence-corrected chi connectivity index (χ0v) is 16.1. The molecule has 4 rings (SSSR count). The number of carbonyl (C=O) groups is 1. The van der Waals surface area contributed by atoms with E-state index in [2.05, 4.69) is 34.2 Å². The van der Waals surface area contributed by atoms with E-state index in [1.807, 2.05) is 13.8 Å². The lowest BCUT2D eigenvalue weighted by molar-refractivity contribution is 0.0519. The Balaban J connectivity index is 1.85. The second kappa shape index (κ2) is 7.55. The molecule has 0 saturated carbocycles. The molecular formula is C23H26N2O2. The van der Waals surface area contributed by atoms with E-state index in [-0.39, 0.29) is 5.97 Å². The van der Waals surface area contributed by atoms with E-state index in [1.54, 1.807) is 6.20 Å². The molecule has 27 heavy (non-hydrogen) atoms. The van der Waals surface area contributed by atoms with Gasteiger partial charge in [-0.25, -0.2) is 9.78 Å². The maximum absolute atomic E-state index is 12.2. The molecule has 0 saturated heterocycles. The number of aryl methyl sites for hydroxylation is 1. The zero-order valence-electron chi connectivity index (χ0n) is 16.1. The lowest BCUT2D eigenvalue weighted by atomic mass is 9.93. The van der Waals surface area contributed by atoms with Crippen molar-refractivity contribution in [3.63, 3.8) is 0 Å². The molecule has 1 N–H and O–H groups in total. The SMILES string of the molecule is CCOC(=O)c1ncc2[nH]c3ccc(C4=CCCCCCC4)cc3c2c1C. The van der Waals surface area contributed by atoms with E-state index in [0.29, 0.717) is 12.3 Å². The second-order valence-electron chi connectivity index (χ2n) is 7.31. The summed E-state index contributed by atoms with van der Waals surface area (Å²) in [4.78, 5) is 20.0. The lowest BCUT2D eigenvalue weighted by Gasteiger charge is -2.12. The molecule has 2 aromatic heterocycles. The van der Waals surface area contributed by atoms with Crippen molar-refractivity contribution in [1.29, 1.82) is 0 Å². The Morgan fingerprint density at radius 3 is 2.89 bits per heavy atom. The molecule has 0 amide bonds. The molecule has 4 nitrogen and oxygen atoms in total. The Labute approximate surface area is 159 Å². The summed E-state index contributed by atoms with van der Waals surface area (Å²) >= 11 is 0. The van der Waals surface area contributed by atoms with E-state index in [9.17, 15) is 4.79 Å². The molecule has 1 aliphatic rings. The fraction of sp³-hybridized carbons (Fsp3) is 0.391. The minimum absolute atomic E-state index is 0.351. The number of H-pyrrole nitrogens is 1. The number of nitrogens with one attached hydrogen (secondary N) is 1. The number of rotatable bonds is 3. The summed E-state index contributed by atoms with van der Waals surface area (Å²) in [6.45, 7) is 4.12. The topological polar surface area (TPSA) is 55.0 Å². The standard InChI is InChI=1S/C23H26N2O2/c1-3-27-23(26)22-15(2)21-18-13-17(16-9-7-5-4-6-8-10-16)11-12-19(18)25-20(21)14-24-22/h9,11-14,25H,3-8,10H2,1-2H3. The Bertz CT molecular complexity index is 1030. The average molecular weight is 362 g/mol. The number of pyridine rings is 1. The van der Waals surface area contributed by atoms with Crippen LogP contribution in [0.1, 0.15) is 67.1 Å². The number of allylic oxidation sites excluding steroid dienone is 2. The number of esters is 1. The summed E-state index contributed by atoms with van der Waals surface area (Å²) < 4.78 is 5.17. The van der Waals surface area contributed by atoms with Crippen molar-refractivity contribution in [2.45, 2.75) is 52.4 Å². The number of hydrogen-bond donors (Lipinski definition) is 1. The summed E-state index contributed by atoms with van der Waals surface area (Å²) in [5.74, 6) is -0.356. The minimum atomic E-state index is -0.356. The van der Waals surface area contributed by atoms with Gasteiger partial charge in [-0.2, -0.15) is 0 Å². The van der Waals surface area contributed by atoms with Crippen molar-refractivity contribution < 1.29 is 9.53 Å². The normalized spacial score (nSPS) is 15.4. The third-order valence-electron chi connectivity index (χ3n) is 5.51. The highest BCUT2D eigenvalue weighted by molar-refractivity contribution is 6.11. The molecule has 0 fully saturated rings. The van der Waals surface area contributed by atoms with Gasteiger partial charge in [0.05, 0.1) is 18.3 Å². The number of carbonyl (C=O) groups excluding carboxylic acids is 1. The van der Waals surface area contributed by atoms with E-state index in [1.165, 1.54) is 36.8 Å². The van der Waals surface area contributed by atoms with Gasteiger partial charge in [0.15, 0.2) is 5.69 Å². The van der Waals surface area contributed by atoms with Crippen LogP contribution in [0.3, 0.4) is 0 Å². The summed E-state index contributed by atoms with van der Waals surface area (Å²) in [5.41, 5.74) is 6.05. The number of aromatic amines is 1. The molecule has 0 spiro atoms. The van der Waals surface area contributed by atoms with Crippen LogP contribution in [0.2, 0.25) is 0 Å². The Morgan fingerprint density at radius 1 is 1.19 bits per heavy atom. The molecule has 0 unspecified atom stereocenters. The van der Waals surface area contributed by atoms with Crippen molar-refractivity contribution in [1.82, 2.24) is 9.97 Å². The van der Waals surface area contributed by atoms with Crippen molar-refractivity contribution in [3.8, 4) is 0 Å². The van der Waals surface area contributed by atoms with Crippen LogP contribution in [-0.4, -0.2) is 22.5 Å². The molecule has 140 valence electrons. The van der Waals surface area contributed by atoms with Crippen molar-refractivity contribution >= 4 is 33.3 Å². The van der Waals surface area contributed by atoms with E-state index >= 15 is 0 Å². The van der Waals surface area contributed by atoms with Gasteiger partial charge in [0.25, 0.3) is 0 Å². The number of fused-ring (bicyclic) bond motifs is 3. The molecule has 0 atom stereocenters. The van der Waals surface area contributed by atoms with Gasteiger partial charge in [-0.3, -0.25) is 0 Å². The van der Waals surface area contributed by atoms with Gasteiger partial charge in [-0.05, 0) is 68.4 Å². The van der Waals surface area contributed by atoms with Crippen LogP contribution in [0.4, 0.5) is 0 Å². The average Bonchev–Trinajstić information content (AvgIpc) is 3.00. The number of ether oxygens (including phenoxy) is 1. The van der Waals surface area contributed by atoms with Gasteiger partial charge in [-0.15, -0.1) is 0 Å². The molecule has 0 bridgehead atoms. The van der Waals surface area contributed by atoms with Crippen LogP contribution in [-0.2, 0) is 4.74 Å². The van der Waals surface area contributed by atoms with Gasteiger partial charge in [0, 0.05) is 16.3 Å². The van der Waals surface area contributed by atoms with Crippen LogP contribution in [0.5, 0.6) is 0 Å². The van der Waals surface area contributed by atoms with E-state index in [4.69, 9.17) is 4.74 Å². The molecule has 1 aromatic carbocycles. The summed E-state index contributed by atoms with van der Waals surface area (Å²) in [7, 11) is 0. The van der Waals surface area contributed by atoms with Crippen molar-refractivity contribution in [2.75, 3.05) is 6.61 Å². The number of aromatic nitrogens is 2. The largest absolute Gasteiger partial charge is 0.461 e. The maximum Gasteiger partial charge on any atom is 0.357 e. The van der Waals surface area contributed by atoms with Gasteiger partial charge >= 0.3 is 5.97 Å². The van der Waals surface area contributed by atoms with Gasteiger partial charge < -0.3 is 9.72 Å². The van der Waals surface area contributed by atoms with Crippen molar-refractivity contribution in [3.05, 3.63) is 47.3 Å². The van der Waals surface area contributed by atoms with Crippen LogP contribution < -0.4 is 0 Å². The highest BCUT2D eigenvalue weighted by Gasteiger charge is 2.18. The first-order chi connectivity index (χ1) is 13.2. The molecule has 0 aliphatic heterocycles. The first kappa shape index (κ1) is 17.8. The monoisotopic (exact) mass is 362 g/mol. The van der Waals surface area contributed by atoms with E-state index in [0.717, 1.165) is 40.2 Å². The molecule has 4 heteroatoms. The maximum atomic E-state index is 12.2. The van der Waals surface area contributed by atoms with Crippen LogP contribution in [0, 0.1) is 6.92 Å². The first-order valence-corrected chi connectivity index (χ1v) is 9.96. The van der Waals surface area contributed by atoms with E-state index < -0.39 is 0 Å². The fourth-order valence-electron chi connectivity index (χ4n) is 4.12. The number of hydrogen-bond acceptors (Lipinski definition) is 3. The van der Waals surface area contributed by atoms with Crippen LogP contribution in [0.25, 0.3) is 27.4 Å². The minimum Gasteiger partial charge on any atom is -0.461 e. The first-order valence-electron chi connectivity index (χ1n) is 9.96. The van der Waals surface area contributed by atoms with Gasteiger partial charge in [0.2, 0.25) is 0 Å². The fourth-order valence-corrected chi connectivity index (χ4v) is 4.12. The second-order valence-corrected chi connectivity index (χ2v) is 7.31. The molecule has 2 heterocycles. The zero-order chi connectivity index (χ0) is 18.8. The van der Waals surface area contributed by atoms with Crippen LogP contribution in [0.15, 0.2) is 30.5 Å². The highest BCUT2D eigenvalue weighted by Crippen LogP contribution is 2.33. The molecule has 3 aromatic rings. The van der Waals surface area contributed by atoms with Crippen LogP contribution >= 0.6 is 0 Å². The predicted octanol–water partition coefficient (Wildman–Crippen LogP) is 5.94. The molecular weight excluding hydrogens is 336 g/mol. The quantitative estimate of drug-likeness (QED) is 0.587. The lowest BCUT2D eigenvalue weighted by Crippen LogP contribution is -2.09. The third-order valence-corrected chi connectivity index (χ3v) is 5.51. The Morgan fingerprint density at radius 2 is 2.04 bits per heavy atom. The smallest absolute Gasteiger partial charge is 0.357 e. The summed E-state index contributed by atoms with van der Waals surface area (Å²) in [5, 5.41) is 2.22. The van der Waals surface area contributed by atoms with Gasteiger partial charge in [0.1, 0.15) is 0 Å². The Hall–Kier alpha value is -2.62. The molecule has 0 radical (unpaired) electrons. The highest BCUT2D eigenvalue weighted by atomic mass is 16.5. The van der Waals surface area contributed by atoms with Crippen molar-refractivity contribution in [2.24, 2.45) is 0 Å². The van der Waals surface area contributed by atoms with Gasteiger partial charge in [-0.1, -0.05) is 25.0 Å². The third kappa shape index (κ3) is 3.36. The number of nitrogens with zero attached hydrogens (tertiary/aromatic N) is 1. The summed E-state index contributed by atoms with van der Waals surface area (Å²) in [6, 6.07) is 6.62. The predicted molar refractivity (Wildman–Crippen MR) is 110 cm³/mol. The molecule has 1 aliphatic carbocycles.